The SMILES string of the molecule is COc1cc([N+](=O)[O-])ccc1-c1ccc(/C=C(\C#N)c2nc3ccccc3[nH]2)o1. The van der Waals surface area contributed by atoms with E-state index in [0.29, 0.717) is 34.2 Å². The second-order valence-electron chi connectivity index (χ2n) is 6.12. The molecule has 0 unspecified atom stereocenters. The number of aromatic amines is 1. The normalized spacial score (nSPS) is 11.4. The maximum absolute atomic E-state index is 11.0. The Kier molecular flexibility index (Phi) is 4.55. The van der Waals surface area contributed by atoms with Gasteiger partial charge in [0.15, 0.2) is 0 Å². The van der Waals surface area contributed by atoms with Crippen molar-refractivity contribution in [3.8, 4) is 23.1 Å². The number of methoxy groups -OCH3 is 1. The van der Waals surface area contributed by atoms with E-state index in [4.69, 9.17) is 9.15 Å². The lowest BCUT2D eigenvalue weighted by Gasteiger charge is -2.05. The summed E-state index contributed by atoms with van der Waals surface area (Å²) in [6.45, 7) is 0. The Morgan fingerprint density at radius 2 is 2.10 bits per heavy atom. The monoisotopic (exact) mass is 386 g/mol. The zero-order valence-corrected chi connectivity index (χ0v) is 15.2. The number of para-hydroxylation sites is 2. The van der Waals surface area contributed by atoms with Crippen LogP contribution >= 0.6 is 0 Å². The van der Waals surface area contributed by atoms with Crippen LogP contribution in [-0.4, -0.2) is 22.0 Å². The molecular weight excluding hydrogens is 372 g/mol. The number of aromatic nitrogens is 2. The topological polar surface area (TPSA) is 118 Å². The molecule has 0 saturated carbocycles. The molecule has 0 bridgehead atoms. The van der Waals surface area contributed by atoms with E-state index in [1.807, 2.05) is 24.3 Å². The fourth-order valence-corrected chi connectivity index (χ4v) is 2.95. The Balaban J connectivity index is 1.70. The number of non-ortho nitro benzene ring substituents is 1. The summed E-state index contributed by atoms with van der Waals surface area (Å²) in [5.74, 6) is 1.67. The smallest absolute Gasteiger partial charge is 0.273 e. The summed E-state index contributed by atoms with van der Waals surface area (Å²) >= 11 is 0. The zero-order chi connectivity index (χ0) is 20.4. The van der Waals surface area contributed by atoms with Gasteiger partial charge >= 0.3 is 0 Å². The van der Waals surface area contributed by atoms with E-state index >= 15 is 0 Å². The lowest BCUT2D eigenvalue weighted by molar-refractivity contribution is -0.384. The maximum Gasteiger partial charge on any atom is 0.273 e. The van der Waals surface area contributed by atoms with Crippen LogP contribution in [0.15, 0.2) is 59.0 Å². The molecule has 0 amide bonds. The van der Waals surface area contributed by atoms with Gasteiger partial charge in [0.25, 0.3) is 5.69 Å². The number of benzene rings is 2. The summed E-state index contributed by atoms with van der Waals surface area (Å²) in [6.07, 6.45) is 1.58. The Bertz CT molecular complexity index is 1260. The summed E-state index contributed by atoms with van der Waals surface area (Å²) in [4.78, 5) is 18.0. The van der Waals surface area contributed by atoms with Crippen molar-refractivity contribution in [2.24, 2.45) is 0 Å². The van der Waals surface area contributed by atoms with Crippen molar-refractivity contribution in [1.82, 2.24) is 9.97 Å². The van der Waals surface area contributed by atoms with Crippen LogP contribution in [0.1, 0.15) is 11.6 Å². The summed E-state index contributed by atoms with van der Waals surface area (Å²) in [7, 11) is 1.43. The highest BCUT2D eigenvalue weighted by Gasteiger charge is 2.16. The molecule has 0 aliphatic heterocycles. The van der Waals surface area contributed by atoms with Crippen LogP contribution in [0.5, 0.6) is 5.75 Å². The highest BCUT2D eigenvalue weighted by molar-refractivity contribution is 5.89. The molecule has 142 valence electrons. The minimum atomic E-state index is -0.491. The van der Waals surface area contributed by atoms with E-state index in [1.165, 1.54) is 19.2 Å². The van der Waals surface area contributed by atoms with Gasteiger partial charge in [-0.15, -0.1) is 0 Å². The number of hydrogen-bond donors (Lipinski definition) is 1. The van der Waals surface area contributed by atoms with E-state index in [0.717, 1.165) is 11.0 Å². The first-order valence-electron chi connectivity index (χ1n) is 8.58. The van der Waals surface area contributed by atoms with Crippen molar-refractivity contribution in [3.63, 3.8) is 0 Å². The Morgan fingerprint density at radius 1 is 1.28 bits per heavy atom. The quantitative estimate of drug-likeness (QED) is 0.299. The third kappa shape index (κ3) is 3.44. The molecule has 2 aromatic carbocycles. The van der Waals surface area contributed by atoms with Gasteiger partial charge in [-0.05, 0) is 30.3 Å². The molecule has 4 rings (SSSR count). The lowest BCUT2D eigenvalue weighted by atomic mass is 10.1. The number of nitro benzene ring substituents is 1. The summed E-state index contributed by atoms with van der Waals surface area (Å²) < 4.78 is 11.1. The number of furan rings is 1. The van der Waals surface area contributed by atoms with Crippen LogP contribution in [0.25, 0.3) is 34.0 Å². The number of hydrogen-bond acceptors (Lipinski definition) is 6. The first kappa shape index (κ1) is 18.0. The molecule has 2 heterocycles. The summed E-state index contributed by atoms with van der Waals surface area (Å²) in [5.41, 5.74) is 2.41. The van der Waals surface area contributed by atoms with E-state index in [1.54, 1.807) is 24.3 Å². The minimum absolute atomic E-state index is 0.0751. The third-order valence-corrected chi connectivity index (χ3v) is 4.34. The molecule has 1 N–H and O–H groups in total. The zero-order valence-electron chi connectivity index (χ0n) is 15.2. The molecule has 8 heteroatoms. The van der Waals surface area contributed by atoms with E-state index in [-0.39, 0.29) is 5.69 Å². The first-order chi connectivity index (χ1) is 14.1. The number of allylic oxidation sites excluding steroid dienone is 1. The molecule has 0 saturated heterocycles. The largest absolute Gasteiger partial charge is 0.496 e. The van der Waals surface area contributed by atoms with Gasteiger partial charge in [0.05, 0.1) is 40.3 Å². The molecular formula is C21H14N4O4. The summed E-state index contributed by atoms with van der Waals surface area (Å²) in [6, 6.07) is 17.3. The molecule has 8 nitrogen and oxygen atoms in total. The number of rotatable bonds is 5. The van der Waals surface area contributed by atoms with Crippen molar-refractivity contribution in [1.29, 1.82) is 5.26 Å². The molecule has 0 aliphatic carbocycles. The number of nitrogens with one attached hydrogen (secondary N) is 1. The van der Waals surface area contributed by atoms with Crippen molar-refractivity contribution in [3.05, 3.63) is 76.3 Å². The Labute approximate surface area is 164 Å². The van der Waals surface area contributed by atoms with Crippen LogP contribution in [0.2, 0.25) is 0 Å². The standard InChI is InChI=1S/C21H14N4O4/c1-28-20-11-14(25(26)27)6-8-16(20)19-9-7-15(29-19)10-13(12-22)21-23-17-4-2-3-5-18(17)24-21/h2-11H,1H3,(H,23,24)/b13-10+. The number of nitro groups is 1. The Hall–Kier alpha value is -4.38. The number of nitrogens with zero attached hydrogens (tertiary/aromatic N) is 3. The van der Waals surface area contributed by atoms with Crippen molar-refractivity contribution in [2.75, 3.05) is 7.11 Å². The van der Waals surface area contributed by atoms with Crippen molar-refractivity contribution in [2.45, 2.75) is 0 Å². The molecule has 29 heavy (non-hydrogen) atoms. The van der Waals surface area contributed by atoms with Gasteiger partial charge in [-0.25, -0.2) is 4.98 Å². The van der Waals surface area contributed by atoms with Crippen LogP contribution in [0.3, 0.4) is 0 Å². The second kappa shape index (κ2) is 7.32. The molecule has 0 fully saturated rings. The number of imidazole rings is 1. The Morgan fingerprint density at radius 3 is 2.83 bits per heavy atom. The molecule has 2 aromatic heterocycles. The average Bonchev–Trinajstić information content (AvgIpc) is 3.38. The average molecular weight is 386 g/mol. The van der Waals surface area contributed by atoms with Crippen molar-refractivity contribution < 1.29 is 14.1 Å². The number of nitriles is 1. The predicted octanol–water partition coefficient (Wildman–Crippen LogP) is 4.80. The van der Waals surface area contributed by atoms with Crippen molar-refractivity contribution >= 4 is 28.4 Å². The molecule has 4 aromatic rings. The minimum Gasteiger partial charge on any atom is -0.496 e. The van der Waals surface area contributed by atoms with Gasteiger partial charge in [-0.2, -0.15) is 5.26 Å². The van der Waals surface area contributed by atoms with E-state index < -0.39 is 4.92 Å². The van der Waals surface area contributed by atoms with Gasteiger partial charge in [0.2, 0.25) is 0 Å². The van der Waals surface area contributed by atoms with Gasteiger partial charge in [-0.3, -0.25) is 10.1 Å². The fourth-order valence-electron chi connectivity index (χ4n) is 2.95. The highest BCUT2D eigenvalue weighted by atomic mass is 16.6. The van der Waals surface area contributed by atoms with Gasteiger partial charge in [0, 0.05) is 12.1 Å². The van der Waals surface area contributed by atoms with Crippen LogP contribution < -0.4 is 4.74 Å². The summed E-state index contributed by atoms with van der Waals surface area (Å²) in [5, 5.41) is 20.5. The van der Waals surface area contributed by atoms with Crippen LogP contribution in [0, 0.1) is 21.4 Å². The fraction of sp³-hybridized carbons (Fsp3) is 0.0476. The maximum atomic E-state index is 11.0. The predicted molar refractivity (Wildman–Crippen MR) is 107 cm³/mol. The molecule has 0 atom stereocenters. The first-order valence-corrected chi connectivity index (χ1v) is 8.58. The molecule has 0 spiro atoms. The third-order valence-electron chi connectivity index (χ3n) is 4.34. The van der Waals surface area contributed by atoms with Crippen LogP contribution in [0.4, 0.5) is 5.69 Å². The van der Waals surface area contributed by atoms with Gasteiger partial charge < -0.3 is 14.1 Å². The lowest BCUT2D eigenvalue weighted by Crippen LogP contribution is -1.92. The van der Waals surface area contributed by atoms with Gasteiger partial charge in [0.1, 0.15) is 29.2 Å². The molecule has 0 radical (unpaired) electrons. The number of H-pyrrole nitrogens is 1. The number of fused-ring (bicyclic) bond motifs is 1. The van der Waals surface area contributed by atoms with Gasteiger partial charge in [-0.1, -0.05) is 12.1 Å². The molecule has 0 aliphatic rings. The number of ether oxygens (including phenoxy) is 1. The second-order valence-corrected chi connectivity index (χ2v) is 6.12. The van der Waals surface area contributed by atoms with E-state index in [9.17, 15) is 15.4 Å². The van der Waals surface area contributed by atoms with E-state index in [2.05, 4.69) is 16.0 Å². The highest BCUT2D eigenvalue weighted by Crippen LogP contribution is 2.34. The van der Waals surface area contributed by atoms with Crippen LogP contribution in [-0.2, 0) is 0 Å².